The largest absolute Gasteiger partial charge is 0.378 e. The lowest BCUT2D eigenvalue weighted by Gasteiger charge is -2.30. The summed E-state index contributed by atoms with van der Waals surface area (Å²) in [6.07, 6.45) is 5.25. The highest BCUT2D eigenvalue weighted by molar-refractivity contribution is 4.76. The van der Waals surface area contributed by atoms with Crippen molar-refractivity contribution in [3.05, 3.63) is 0 Å². The van der Waals surface area contributed by atoms with Crippen molar-refractivity contribution in [3.8, 4) is 0 Å². The summed E-state index contributed by atoms with van der Waals surface area (Å²) in [5, 5.41) is 3.69. The molecule has 0 saturated carbocycles. The molecule has 1 N–H and O–H groups in total. The maximum Gasteiger partial charge on any atom is 0.0587 e. The van der Waals surface area contributed by atoms with E-state index in [2.05, 4.69) is 31.0 Å². The minimum atomic E-state index is 0.485. The van der Waals surface area contributed by atoms with Gasteiger partial charge in [0.1, 0.15) is 0 Å². The van der Waals surface area contributed by atoms with Crippen molar-refractivity contribution in [1.29, 1.82) is 0 Å². The first-order valence-electron chi connectivity index (χ1n) is 7.37. The Morgan fingerprint density at radius 2 is 2.06 bits per heavy atom. The van der Waals surface area contributed by atoms with Gasteiger partial charge in [0.2, 0.25) is 0 Å². The van der Waals surface area contributed by atoms with Crippen molar-refractivity contribution >= 4 is 0 Å². The molecule has 17 heavy (non-hydrogen) atoms. The number of ether oxygens (including phenoxy) is 1. The molecule has 2 atom stereocenters. The fraction of sp³-hybridized carbons (Fsp3) is 1.00. The number of hydrogen-bond acceptors (Lipinski definition) is 3. The molecule has 1 fully saturated rings. The second kappa shape index (κ2) is 8.90. The molecule has 3 heteroatoms. The molecule has 0 amide bonds. The third kappa shape index (κ3) is 5.84. The van der Waals surface area contributed by atoms with E-state index in [0.717, 1.165) is 19.6 Å². The van der Waals surface area contributed by atoms with Crippen molar-refractivity contribution in [2.45, 2.75) is 58.6 Å². The van der Waals surface area contributed by atoms with Crippen molar-refractivity contribution in [2.24, 2.45) is 0 Å². The Morgan fingerprint density at radius 1 is 1.24 bits per heavy atom. The molecule has 1 aliphatic rings. The zero-order valence-electron chi connectivity index (χ0n) is 11.9. The van der Waals surface area contributed by atoms with Crippen LogP contribution in [-0.4, -0.2) is 49.8 Å². The van der Waals surface area contributed by atoms with Crippen LogP contribution < -0.4 is 5.32 Å². The SMILES string of the molecule is CCCN(CC)CCNC1CCOC(CC)C1. The van der Waals surface area contributed by atoms with Gasteiger partial charge in [-0.05, 0) is 38.8 Å². The van der Waals surface area contributed by atoms with Gasteiger partial charge in [-0.2, -0.15) is 0 Å². The Morgan fingerprint density at radius 3 is 2.71 bits per heavy atom. The minimum absolute atomic E-state index is 0.485. The van der Waals surface area contributed by atoms with Crippen LogP contribution in [0.5, 0.6) is 0 Å². The lowest BCUT2D eigenvalue weighted by molar-refractivity contribution is -0.000269. The highest BCUT2D eigenvalue weighted by atomic mass is 16.5. The lowest BCUT2D eigenvalue weighted by atomic mass is 10.0. The van der Waals surface area contributed by atoms with E-state index in [9.17, 15) is 0 Å². The van der Waals surface area contributed by atoms with Crippen LogP contribution in [0.4, 0.5) is 0 Å². The zero-order valence-corrected chi connectivity index (χ0v) is 11.9. The van der Waals surface area contributed by atoms with Gasteiger partial charge in [0.05, 0.1) is 6.10 Å². The molecule has 0 aromatic rings. The van der Waals surface area contributed by atoms with Crippen LogP contribution in [-0.2, 0) is 4.74 Å². The summed E-state index contributed by atoms with van der Waals surface area (Å²) in [5.74, 6) is 0. The van der Waals surface area contributed by atoms with Gasteiger partial charge in [0.25, 0.3) is 0 Å². The van der Waals surface area contributed by atoms with Crippen molar-refractivity contribution in [3.63, 3.8) is 0 Å². The predicted molar refractivity (Wildman–Crippen MR) is 73.5 cm³/mol. The first-order valence-corrected chi connectivity index (χ1v) is 7.37. The topological polar surface area (TPSA) is 24.5 Å². The molecule has 0 radical (unpaired) electrons. The summed E-state index contributed by atoms with van der Waals surface area (Å²) in [7, 11) is 0. The molecular weight excluding hydrogens is 212 g/mol. The fourth-order valence-electron chi connectivity index (χ4n) is 2.52. The summed E-state index contributed by atoms with van der Waals surface area (Å²) in [6.45, 7) is 12.3. The van der Waals surface area contributed by atoms with E-state index in [-0.39, 0.29) is 0 Å². The van der Waals surface area contributed by atoms with Crippen LogP contribution in [0.1, 0.15) is 46.5 Å². The Bertz CT molecular complexity index is 187. The zero-order chi connectivity index (χ0) is 12.5. The number of nitrogens with one attached hydrogen (secondary N) is 1. The van der Waals surface area contributed by atoms with Crippen LogP contribution in [0.2, 0.25) is 0 Å². The Balaban J connectivity index is 2.12. The van der Waals surface area contributed by atoms with Gasteiger partial charge in [-0.1, -0.05) is 20.8 Å². The molecule has 0 aromatic heterocycles. The minimum Gasteiger partial charge on any atom is -0.378 e. The van der Waals surface area contributed by atoms with E-state index in [1.807, 2.05) is 0 Å². The van der Waals surface area contributed by atoms with E-state index in [4.69, 9.17) is 4.74 Å². The third-order valence-corrected chi connectivity index (χ3v) is 3.67. The smallest absolute Gasteiger partial charge is 0.0587 e. The molecule has 1 heterocycles. The highest BCUT2D eigenvalue weighted by Gasteiger charge is 2.20. The summed E-state index contributed by atoms with van der Waals surface area (Å²) in [4.78, 5) is 2.52. The standard InChI is InChI=1S/C14H30N2O/c1-4-9-16(6-3)10-8-15-13-7-11-17-14(5-2)12-13/h13-15H,4-12H2,1-3H3. The molecule has 1 rings (SSSR count). The summed E-state index contributed by atoms with van der Waals surface area (Å²) in [5.41, 5.74) is 0. The molecule has 1 aliphatic heterocycles. The summed E-state index contributed by atoms with van der Waals surface area (Å²) < 4.78 is 5.69. The number of nitrogens with zero attached hydrogens (tertiary/aromatic N) is 1. The van der Waals surface area contributed by atoms with E-state index in [0.29, 0.717) is 12.1 Å². The second-order valence-electron chi connectivity index (χ2n) is 5.01. The molecule has 0 aromatic carbocycles. The molecule has 3 nitrogen and oxygen atoms in total. The molecule has 0 spiro atoms. The number of likely N-dealkylation sites (N-methyl/N-ethyl adjacent to an activating group) is 1. The van der Waals surface area contributed by atoms with E-state index >= 15 is 0 Å². The predicted octanol–water partition coefficient (Wildman–Crippen LogP) is 2.27. The van der Waals surface area contributed by atoms with Crippen LogP contribution >= 0.6 is 0 Å². The normalized spacial score (nSPS) is 25.4. The number of rotatable bonds is 8. The monoisotopic (exact) mass is 242 g/mol. The second-order valence-corrected chi connectivity index (χ2v) is 5.01. The Kier molecular flexibility index (Phi) is 7.82. The van der Waals surface area contributed by atoms with Crippen LogP contribution in [0.15, 0.2) is 0 Å². The maximum atomic E-state index is 5.69. The summed E-state index contributed by atoms with van der Waals surface area (Å²) >= 11 is 0. The average Bonchev–Trinajstić information content (AvgIpc) is 2.38. The quantitative estimate of drug-likeness (QED) is 0.706. The van der Waals surface area contributed by atoms with E-state index < -0.39 is 0 Å². The van der Waals surface area contributed by atoms with Crippen molar-refractivity contribution in [2.75, 3.05) is 32.8 Å². The number of hydrogen-bond donors (Lipinski definition) is 1. The molecule has 0 aliphatic carbocycles. The lowest BCUT2D eigenvalue weighted by Crippen LogP contribution is -2.42. The molecule has 0 bridgehead atoms. The Hall–Kier alpha value is -0.120. The van der Waals surface area contributed by atoms with Gasteiger partial charge in [-0.25, -0.2) is 0 Å². The van der Waals surface area contributed by atoms with Gasteiger partial charge in [0.15, 0.2) is 0 Å². The van der Waals surface area contributed by atoms with Gasteiger partial charge in [-0.15, -0.1) is 0 Å². The van der Waals surface area contributed by atoms with Gasteiger partial charge < -0.3 is 15.0 Å². The first kappa shape index (κ1) is 14.9. The molecule has 1 saturated heterocycles. The van der Waals surface area contributed by atoms with Crippen LogP contribution in [0, 0.1) is 0 Å². The first-order chi connectivity index (χ1) is 8.30. The van der Waals surface area contributed by atoms with Crippen molar-refractivity contribution in [1.82, 2.24) is 10.2 Å². The fourth-order valence-corrected chi connectivity index (χ4v) is 2.52. The van der Waals surface area contributed by atoms with Crippen molar-refractivity contribution < 1.29 is 4.74 Å². The van der Waals surface area contributed by atoms with Gasteiger partial charge in [0, 0.05) is 25.7 Å². The van der Waals surface area contributed by atoms with E-state index in [1.54, 1.807) is 0 Å². The van der Waals surface area contributed by atoms with Gasteiger partial charge in [-0.3, -0.25) is 0 Å². The van der Waals surface area contributed by atoms with Crippen LogP contribution in [0.25, 0.3) is 0 Å². The Labute approximate surface area is 107 Å². The molecule has 102 valence electrons. The average molecular weight is 242 g/mol. The van der Waals surface area contributed by atoms with Crippen LogP contribution in [0.3, 0.4) is 0 Å². The van der Waals surface area contributed by atoms with Gasteiger partial charge >= 0.3 is 0 Å². The molecule has 2 unspecified atom stereocenters. The summed E-state index contributed by atoms with van der Waals surface area (Å²) in [6, 6.07) is 0.675. The third-order valence-electron chi connectivity index (χ3n) is 3.67. The highest BCUT2D eigenvalue weighted by Crippen LogP contribution is 2.15. The molecular formula is C14H30N2O. The van der Waals surface area contributed by atoms with E-state index in [1.165, 1.54) is 38.9 Å². The maximum absolute atomic E-state index is 5.69.